The molecule has 0 aromatic heterocycles. The summed E-state index contributed by atoms with van der Waals surface area (Å²) in [5, 5.41) is 4.65. The Kier molecular flexibility index (Phi) is 4.97. The maximum Gasteiger partial charge on any atom is 0.254 e. The lowest BCUT2D eigenvalue weighted by molar-refractivity contribution is -0.115. The monoisotopic (exact) mass is 366 g/mol. The van der Waals surface area contributed by atoms with Crippen LogP contribution in [0.25, 0.3) is 0 Å². The van der Waals surface area contributed by atoms with Crippen molar-refractivity contribution in [3.05, 3.63) is 53.3 Å². The zero-order valence-corrected chi connectivity index (χ0v) is 13.3. The van der Waals surface area contributed by atoms with Crippen LogP contribution in [0.4, 0.5) is 18.9 Å². The third kappa shape index (κ3) is 3.71. The molecule has 2 amide bonds. The second kappa shape index (κ2) is 7.34. The quantitative estimate of drug-likeness (QED) is 0.814. The molecule has 26 heavy (non-hydrogen) atoms. The second-order valence-corrected chi connectivity index (χ2v) is 5.31. The number of ether oxygens (including phenoxy) is 2. The zero-order valence-electron chi connectivity index (χ0n) is 13.3. The summed E-state index contributed by atoms with van der Waals surface area (Å²) in [6, 6.07) is 6.19. The first-order chi connectivity index (χ1) is 12.5. The maximum atomic E-state index is 13.5. The van der Waals surface area contributed by atoms with E-state index >= 15 is 0 Å². The highest BCUT2D eigenvalue weighted by Gasteiger charge is 2.19. The van der Waals surface area contributed by atoms with Crippen LogP contribution in [-0.2, 0) is 4.79 Å². The smallest absolute Gasteiger partial charge is 0.254 e. The van der Waals surface area contributed by atoms with Crippen LogP contribution in [0.2, 0.25) is 0 Å². The summed E-state index contributed by atoms with van der Waals surface area (Å²) in [6.07, 6.45) is 0. The molecule has 0 radical (unpaired) electrons. The number of hydrogen-bond donors (Lipinski definition) is 2. The SMILES string of the molecule is O=C(CNC(=O)c1ccc(F)c(F)c1F)Nc1ccc2c(c1)OCCO2. The van der Waals surface area contributed by atoms with Gasteiger partial charge in [0.2, 0.25) is 5.91 Å². The van der Waals surface area contributed by atoms with Gasteiger partial charge in [0, 0.05) is 11.8 Å². The van der Waals surface area contributed by atoms with Gasteiger partial charge in [-0.2, -0.15) is 0 Å². The number of amides is 2. The van der Waals surface area contributed by atoms with Gasteiger partial charge in [0.25, 0.3) is 5.91 Å². The molecular formula is C17H13F3N2O4. The number of hydrogen-bond acceptors (Lipinski definition) is 4. The molecule has 2 aromatic carbocycles. The highest BCUT2D eigenvalue weighted by molar-refractivity contribution is 5.99. The number of carbonyl (C=O) groups excluding carboxylic acids is 2. The van der Waals surface area contributed by atoms with E-state index in [1.54, 1.807) is 18.2 Å². The molecule has 0 unspecified atom stereocenters. The van der Waals surface area contributed by atoms with E-state index in [4.69, 9.17) is 9.47 Å². The number of carbonyl (C=O) groups is 2. The van der Waals surface area contributed by atoms with Gasteiger partial charge in [0.1, 0.15) is 13.2 Å². The lowest BCUT2D eigenvalue weighted by Crippen LogP contribution is -2.33. The molecule has 1 aliphatic rings. The Labute approximate surface area is 145 Å². The molecule has 0 saturated carbocycles. The van der Waals surface area contributed by atoms with E-state index in [-0.39, 0.29) is 0 Å². The van der Waals surface area contributed by atoms with Gasteiger partial charge in [-0.25, -0.2) is 13.2 Å². The van der Waals surface area contributed by atoms with Crippen LogP contribution in [0, 0.1) is 17.5 Å². The third-order valence-electron chi connectivity index (χ3n) is 3.52. The Bertz CT molecular complexity index is 873. The lowest BCUT2D eigenvalue weighted by atomic mass is 10.2. The summed E-state index contributed by atoms with van der Waals surface area (Å²) in [7, 11) is 0. The van der Waals surface area contributed by atoms with Gasteiger partial charge >= 0.3 is 0 Å². The Morgan fingerprint density at radius 2 is 1.69 bits per heavy atom. The minimum absolute atomic E-state index is 0.389. The average Bonchev–Trinajstić information content (AvgIpc) is 2.64. The lowest BCUT2D eigenvalue weighted by Gasteiger charge is -2.19. The molecule has 9 heteroatoms. The number of nitrogens with one attached hydrogen (secondary N) is 2. The fourth-order valence-electron chi connectivity index (χ4n) is 2.28. The molecule has 1 aliphatic heterocycles. The van der Waals surface area contributed by atoms with Gasteiger partial charge in [0.05, 0.1) is 12.1 Å². The van der Waals surface area contributed by atoms with Crippen LogP contribution >= 0.6 is 0 Å². The van der Waals surface area contributed by atoms with Crippen LogP contribution in [-0.4, -0.2) is 31.6 Å². The van der Waals surface area contributed by atoms with Crippen molar-refractivity contribution < 1.29 is 32.2 Å². The average molecular weight is 366 g/mol. The van der Waals surface area contributed by atoms with E-state index in [1.807, 2.05) is 0 Å². The molecule has 0 aliphatic carbocycles. The largest absolute Gasteiger partial charge is 0.486 e. The fraction of sp³-hybridized carbons (Fsp3) is 0.176. The van der Waals surface area contributed by atoms with Crippen molar-refractivity contribution in [2.45, 2.75) is 0 Å². The van der Waals surface area contributed by atoms with Crippen molar-refractivity contribution in [1.29, 1.82) is 0 Å². The summed E-state index contributed by atoms with van der Waals surface area (Å²) in [5.41, 5.74) is -0.288. The highest BCUT2D eigenvalue weighted by atomic mass is 19.2. The normalized spacial score (nSPS) is 12.4. The minimum atomic E-state index is -1.75. The van der Waals surface area contributed by atoms with Crippen LogP contribution < -0.4 is 20.1 Å². The number of rotatable bonds is 4. The van der Waals surface area contributed by atoms with E-state index in [1.165, 1.54) is 0 Å². The Hall–Kier alpha value is -3.23. The summed E-state index contributed by atoms with van der Waals surface area (Å²) < 4.78 is 50.3. The predicted molar refractivity (Wildman–Crippen MR) is 84.7 cm³/mol. The summed E-state index contributed by atoms with van der Waals surface area (Å²) in [5.74, 6) is -5.39. The predicted octanol–water partition coefficient (Wildman–Crippen LogP) is 2.24. The van der Waals surface area contributed by atoms with E-state index in [0.29, 0.717) is 36.5 Å². The number of anilines is 1. The number of fused-ring (bicyclic) bond motifs is 1. The maximum absolute atomic E-state index is 13.5. The van der Waals surface area contributed by atoms with E-state index in [0.717, 1.165) is 6.07 Å². The number of halogens is 3. The molecule has 0 fully saturated rings. The molecule has 0 bridgehead atoms. The van der Waals surface area contributed by atoms with Crippen LogP contribution in [0.1, 0.15) is 10.4 Å². The van der Waals surface area contributed by atoms with Gasteiger partial charge in [0.15, 0.2) is 29.0 Å². The van der Waals surface area contributed by atoms with Crippen LogP contribution in [0.3, 0.4) is 0 Å². The van der Waals surface area contributed by atoms with Gasteiger partial charge in [-0.05, 0) is 24.3 Å². The molecule has 1 heterocycles. The van der Waals surface area contributed by atoms with Crippen molar-refractivity contribution in [2.24, 2.45) is 0 Å². The molecule has 0 saturated heterocycles. The molecule has 2 N–H and O–H groups in total. The van der Waals surface area contributed by atoms with Crippen molar-refractivity contribution in [3.8, 4) is 11.5 Å². The number of benzene rings is 2. The van der Waals surface area contributed by atoms with Crippen LogP contribution in [0.15, 0.2) is 30.3 Å². The van der Waals surface area contributed by atoms with E-state index < -0.39 is 41.4 Å². The summed E-state index contributed by atoms with van der Waals surface area (Å²) in [4.78, 5) is 23.7. The van der Waals surface area contributed by atoms with Gasteiger partial charge in [-0.3, -0.25) is 9.59 Å². The minimum Gasteiger partial charge on any atom is -0.486 e. The zero-order chi connectivity index (χ0) is 18.7. The van der Waals surface area contributed by atoms with Crippen molar-refractivity contribution in [2.75, 3.05) is 25.1 Å². The first-order valence-corrected chi connectivity index (χ1v) is 7.57. The van der Waals surface area contributed by atoms with Crippen LogP contribution in [0.5, 0.6) is 11.5 Å². The van der Waals surface area contributed by atoms with Crippen molar-refractivity contribution in [3.63, 3.8) is 0 Å². The summed E-state index contributed by atoms with van der Waals surface area (Å²) in [6.45, 7) is 0.331. The molecule has 136 valence electrons. The van der Waals surface area contributed by atoms with E-state index in [2.05, 4.69) is 10.6 Å². The standard InChI is InChI=1S/C17H13F3N2O4/c18-11-3-2-10(15(19)16(11)20)17(24)21-8-14(23)22-9-1-4-12-13(7-9)26-6-5-25-12/h1-4,7H,5-6,8H2,(H,21,24)(H,22,23). The third-order valence-corrected chi connectivity index (χ3v) is 3.52. The van der Waals surface area contributed by atoms with E-state index in [9.17, 15) is 22.8 Å². The molecule has 0 spiro atoms. The Morgan fingerprint density at radius 1 is 0.962 bits per heavy atom. The molecular weight excluding hydrogens is 353 g/mol. The molecule has 0 atom stereocenters. The van der Waals surface area contributed by atoms with Crippen molar-refractivity contribution >= 4 is 17.5 Å². The summed E-state index contributed by atoms with van der Waals surface area (Å²) >= 11 is 0. The van der Waals surface area contributed by atoms with Gasteiger partial charge in [-0.15, -0.1) is 0 Å². The first-order valence-electron chi connectivity index (χ1n) is 7.57. The van der Waals surface area contributed by atoms with Gasteiger partial charge in [-0.1, -0.05) is 0 Å². The van der Waals surface area contributed by atoms with Gasteiger partial charge < -0.3 is 20.1 Å². The molecule has 2 aromatic rings. The molecule has 3 rings (SSSR count). The Balaban J connectivity index is 1.59. The molecule has 6 nitrogen and oxygen atoms in total. The fourth-order valence-corrected chi connectivity index (χ4v) is 2.28. The van der Waals surface area contributed by atoms with Crippen molar-refractivity contribution in [1.82, 2.24) is 5.32 Å². The Morgan fingerprint density at radius 3 is 2.46 bits per heavy atom. The second-order valence-electron chi connectivity index (χ2n) is 5.31. The highest BCUT2D eigenvalue weighted by Crippen LogP contribution is 2.32. The topological polar surface area (TPSA) is 76.7 Å². The first kappa shape index (κ1) is 17.6.